The standard InChI is InChI=1S/C16H20/c1-3-5-10-15(9-4-2)13-14-16-11-7-6-8-12-16/h6-8,10-12H,3-5,9H2,1-2H3/b15-10-. The SMILES string of the molecule is CCC/C=C(\C#Cc1ccccc1)CCC. The minimum atomic E-state index is 1.10. The van der Waals surface area contributed by atoms with Gasteiger partial charge in [-0.1, -0.05) is 62.8 Å². The minimum absolute atomic E-state index is 1.10. The lowest BCUT2D eigenvalue weighted by Gasteiger charge is -1.96. The highest BCUT2D eigenvalue weighted by atomic mass is 13.9. The molecule has 0 aliphatic rings. The first-order chi connectivity index (χ1) is 7.86. The summed E-state index contributed by atoms with van der Waals surface area (Å²) in [7, 11) is 0. The number of allylic oxidation sites excluding steroid dienone is 2. The molecule has 0 amide bonds. The highest BCUT2D eigenvalue weighted by molar-refractivity contribution is 5.40. The van der Waals surface area contributed by atoms with Crippen molar-refractivity contribution in [3.05, 3.63) is 47.5 Å². The maximum atomic E-state index is 3.28. The molecule has 0 heteroatoms. The van der Waals surface area contributed by atoms with Crippen molar-refractivity contribution >= 4 is 0 Å². The van der Waals surface area contributed by atoms with Gasteiger partial charge in [-0.15, -0.1) is 0 Å². The van der Waals surface area contributed by atoms with E-state index in [2.05, 4.69) is 43.9 Å². The summed E-state index contributed by atoms with van der Waals surface area (Å²) in [6, 6.07) is 10.2. The molecule has 16 heavy (non-hydrogen) atoms. The van der Waals surface area contributed by atoms with Crippen LogP contribution in [0.3, 0.4) is 0 Å². The second kappa shape index (κ2) is 7.77. The van der Waals surface area contributed by atoms with Crippen LogP contribution in [0, 0.1) is 11.8 Å². The molecule has 0 heterocycles. The fraction of sp³-hybridized carbons (Fsp3) is 0.375. The topological polar surface area (TPSA) is 0 Å². The normalized spacial score (nSPS) is 10.8. The van der Waals surface area contributed by atoms with Gasteiger partial charge >= 0.3 is 0 Å². The molecule has 1 aromatic rings. The van der Waals surface area contributed by atoms with Gasteiger partial charge in [-0.25, -0.2) is 0 Å². The average Bonchev–Trinajstić information content (AvgIpc) is 2.34. The molecular formula is C16H20. The molecule has 84 valence electrons. The van der Waals surface area contributed by atoms with Gasteiger partial charge < -0.3 is 0 Å². The molecule has 0 saturated carbocycles. The maximum absolute atomic E-state index is 3.28. The fourth-order valence-corrected chi connectivity index (χ4v) is 1.48. The lowest BCUT2D eigenvalue weighted by Crippen LogP contribution is -1.80. The molecule has 0 aliphatic carbocycles. The smallest absolute Gasteiger partial charge is 0.0248 e. The van der Waals surface area contributed by atoms with E-state index >= 15 is 0 Å². The molecule has 0 atom stereocenters. The van der Waals surface area contributed by atoms with Gasteiger partial charge in [0, 0.05) is 5.56 Å². The van der Waals surface area contributed by atoms with Crippen LogP contribution >= 0.6 is 0 Å². The van der Waals surface area contributed by atoms with Crippen molar-refractivity contribution in [2.24, 2.45) is 0 Å². The van der Waals surface area contributed by atoms with Crippen LogP contribution in [0.15, 0.2) is 42.0 Å². The zero-order valence-electron chi connectivity index (χ0n) is 10.3. The highest BCUT2D eigenvalue weighted by Gasteiger charge is 1.90. The van der Waals surface area contributed by atoms with Gasteiger partial charge in [0.15, 0.2) is 0 Å². The molecule has 0 bridgehead atoms. The lowest BCUT2D eigenvalue weighted by atomic mass is 10.1. The lowest BCUT2D eigenvalue weighted by molar-refractivity contribution is 0.900. The van der Waals surface area contributed by atoms with E-state index in [1.54, 1.807) is 0 Å². The van der Waals surface area contributed by atoms with Gasteiger partial charge in [-0.05, 0) is 30.5 Å². The predicted molar refractivity (Wildman–Crippen MR) is 71.2 cm³/mol. The average molecular weight is 212 g/mol. The van der Waals surface area contributed by atoms with E-state index in [1.807, 2.05) is 18.2 Å². The van der Waals surface area contributed by atoms with Crippen molar-refractivity contribution in [2.45, 2.75) is 39.5 Å². The molecule has 0 unspecified atom stereocenters. The molecule has 1 rings (SSSR count). The van der Waals surface area contributed by atoms with Gasteiger partial charge in [0.05, 0.1) is 0 Å². The first kappa shape index (κ1) is 12.6. The third-order valence-corrected chi connectivity index (χ3v) is 2.34. The Morgan fingerprint density at radius 2 is 1.88 bits per heavy atom. The van der Waals surface area contributed by atoms with Crippen LogP contribution in [0.25, 0.3) is 0 Å². The summed E-state index contributed by atoms with van der Waals surface area (Å²) in [6.07, 6.45) is 6.87. The summed E-state index contributed by atoms with van der Waals surface area (Å²) in [5, 5.41) is 0. The van der Waals surface area contributed by atoms with Crippen LogP contribution in [0.5, 0.6) is 0 Å². The summed E-state index contributed by atoms with van der Waals surface area (Å²) in [6.45, 7) is 4.40. The van der Waals surface area contributed by atoms with Gasteiger partial charge in [0.1, 0.15) is 0 Å². The first-order valence-electron chi connectivity index (χ1n) is 6.13. The van der Waals surface area contributed by atoms with Crippen molar-refractivity contribution < 1.29 is 0 Å². The van der Waals surface area contributed by atoms with Gasteiger partial charge in [0.2, 0.25) is 0 Å². The second-order valence-electron chi connectivity index (χ2n) is 3.88. The van der Waals surface area contributed by atoms with Crippen LogP contribution in [0.2, 0.25) is 0 Å². The molecule has 0 radical (unpaired) electrons. The zero-order valence-corrected chi connectivity index (χ0v) is 10.3. The molecule has 0 spiro atoms. The van der Waals surface area contributed by atoms with E-state index in [4.69, 9.17) is 0 Å². The Balaban J connectivity index is 2.72. The summed E-state index contributed by atoms with van der Waals surface area (Å²) < 4.78 is 0. The number of unbranched alkanes of at least 4 members (excludes halogenated alkanes) is 1. The van der Waals surface area contributed by atoms with E-state index in [1.165, 1.54) is 18.4 Å². The summed E-state index contributed by atoms with van der Waals surface area (Å²) >= 11 is 0. The molecule has 0 N–H and O–H groups in total. The van der Waals surface area contributed by atoms with Crippen LogP contribution in [0.4, 0.5) is 0 Å². The Bertz CT molecular complexity index is 373. The largest absolute Gasteiger partial charge is 0.0729 e. The van der Waals surface area contributed by atoms with Gasteiger partial charge in [-0.3, -0.25) is 0 Å². The second-order valence-corrected chi connectivity index (χ2v) is 3.88. The zero-order chi connectivity index (χ0) is 11.6. The third kappa shape index (κ3) is 4.84. The van der Waals surface area contributed by atoms with E-state index in [0.717, 1.165) is 18.4 Å². The minimum Gasteiger partial charge on any atom is -0.0729 e. The molecule has 1 aromatic carbocycles. The number of hydrogen-bond acceptors (Lipinski definition) is 0. The van der Waals surface area contributed by atoms with Crippen molar-refractivity contribution in [3.63, 3.8) is 0 Å². The van der Waals surface area contributed by atoms with Crippen molar-refractivity contribution in [1.29, 1.82) is 0 Å². The Morgan fingerprint density at radius 3 is 2.50 bits per heavy atom. The van der Waals surface area contributed by atoms with E-state index < -0.39 is 0 Å². The summed E-state index contributed by atoms with van der Waals surface area (Å²) in [4.78, 5) is 0. The summed E-state index contributed by atoms with van der Waals surface area (Å²) in [5.74, 6) is 6.50. The quantitative estimate of drug-likeness (QED) is 0.642. The number of benzene rings is 1. The highest BCUT2D eigenvalue weighted by Crippen LogP contribution is 2.06. The van der Waals surface area contributed by atoms with Crippen molar-refractivity contribution in [1.82, 2.24) is 0 Å². The van der Waals surface area contributed by atoms with Crippen LogP contribution in [0.1, 0.15) is 45.1 Å². The first-order valence-corrected chi connectivity index (χ1v) is 6.13. The molecule has 0 fully saturated rings. The molecule has 0 aliphatic heterocycles. The van der Waals surface area contributed by atoms with Gasteiger partial charge in [0.25, 0.3) is 0 Å². The Labute approximate surface area is 99.4 Å². The van der Waals surface area contributed by atoms with Crippen molar-refractivity contribution in [2.75, 3.05) is 0 Å². The third-order valence-electron chi connectivity index (χ3n) is 2.34. The Hall–Kier alpha value is -1.48. The predicted octanol–water partition coefficient (Wildman–Crippen LogP) is 4.56. The molecular weight excluding hydrogens is 192 g/mol. The Morgan fingerprint density at radius 1 is 1.12 bits per heavy atom. The van der Waals surface area contributed by atoms with Crippen LogP contribution in [-0.2, 0) is 0 Å². The van der Waals surface area contributed by atoms with Crippen molar-refractivity contribution in [3.8, 4) is 11.8 Å². The molecule has 0 aromatic heterocycles. The van der Waals surface area contributed by atoms with E-state index in [9.17, 15) is 0 Å². The Kier molecular flexibility index (Phi) is 6.11. The maximum Gasteiger partial charge on any atom is 0.0248 e. The van der Waals surface area contributed by atoms with Crippen LogP contribution < -0.4 is 0 Å². The van der Waals surface area contributed by atoms with E-state index in [0.29, 0.717) is 0 Å². The number of hydrogen-bond donors (Lipinski definition) is 0. The monoisotopic (exact) mass is 212 g/mol. The van der Waals surface area contributed by atoms with Crippen LogP contribution in [-0.4, -0.2) is 0 Å². The fourth-order valence-electron chi connectivity index (χ4n) is 1.48. The molecule has 0 saturated heterocycles. The number of rotatable bonds is 4. The van der Waals surface area contributed by atoms with E-state index in [-0.39, 0.29) is 0 Å². The molecule has 0 nitrogen and oxygen atoms in total. The summed E-state index contributed by atoms with van der Waals surface area (Å²) in [5.41, 5.74) is 2.38. The van der Waals surface area contributed by atoms with Gasteiger partial charge in [-0.2, -0.15) is 0 Å².